The van der Waals surface area contributed by atoms with E-state index >= 15 is 0 Å². The Morgan fingerprint density at radius 2 is 1.58 bits per heavy atom. The molecule has 3 heterocycles. The van der Waals surface area contributed by atoms with Gasteiger partial charge in [-0.2, -0.15) is 0 Å². The summed E-state index contributed by atoms with van der Waals surface area (Å²) in [6, 6.07) is 11.5. The second-order valence-corrected chi connectivity index (χ2v) is 16.4. The van der Waals surface area contributed by atoms with E-state index in [9.17, 15) is 33.9 Å². The summed E-state index contributed by atoms with van der Waals surface area (Å²) in [6.45, 7) is 5.32. The van der Waals surface area contributed by atoms with E-state index in [2.05, 4.69) is 20.9 Å². The summed E-state index contributed by atoms with van der Waals surface area (Å²) in [6.07, 6.45) is 8.19. The maximum absolute atomic E-state index is 14.2. The van der Waals surface area contributed by atoms with E-state index in [4.69, 9.17) is 23.7 Å². The zero-order chi connectivity index (χ0) is 48.2. The van der Waals surface area contributed by atoms with Gasteiger partial charge in [0.1, 0.15) is 12.6 Å². The number of benzene rings is 3. The molecule has 0 saturated heterocycles. The van der Waals surface area contributed by atoms with Crippen LogP contribution in [0.3, 0.4) is 0 Å². The number of unbranched alkanes of at least 4 members (excludes halogenated alkanes) is 2. The van der Waals surface area contributed by atoms with Crippen LogP contribution in [0.25, 0.3) is 0 Å². The van der Waals surface area contributed by atoms with Gasteiger partial charge in [0.25, 0.3) is 11.8 Å². The largest absolute Gasteiger partial charge is 0.493 e. The summed E-state index contributed by atoms with van der Waals surface area (Å²) in [7, 11) is 4.45. The lowest BCUT2D eigenvalue weighted by atomic mass is 10.1. The first-order chi connectivity index (χ1) is 32.2. The molecular weight excluding hydrogens is 867 g/mol. The molecule has 3 aliphatic heterocycles. The van der Waals surface area contributed by atoms with Crippen LogP contribution in [-0.2, 0) is 25.7 Å². The van der Waals surface area contributed by atoms with E-state index < -0.39 is 35.9 Å². The molecule has 0 bridgehead atoms. The number of anilines is 2. The lowest BCUT2D eigenvalue weighted by Crippen LogP contribution is -2.44. The van der Waals surface area contributed by atoms with Gasteiger partial charge in [0.15, 0.2) is 23.0 Å². The number of aliphatic hydroxyl groups excluding tert-OH is 1. The van der Waals surface area contributed by atoms with Gasteiger partial charge in [-0.05, 0) is 82.7 Å². The monoisotopic (exact) mass is 923 g/mol. The van der Waals surface area contributed by atoms with Crippen molar-refractivity contribution in [2.75, 3.05) is 57.8 Å². The Hall–Kier alpha value is -7.41. The molecule has 67 heavy (non-hydrogen) atoms. The van der Waals surface area contributed by atoms with Crippen LogP contribution in [0.1, 0.15) is 79.2 Å². The zero-order valence-electron chi connectivity index (χ0n) is 38.5. The molecule has 19 nitrogen and oxygen atoms in total. The van der Waals surface area contributed by atoms with Crippen LogP contribution < -0.4 is 39.8 Å². The average Bonchev–Trinajstić information content (AvgIpc) is 3.88. The van der Waals surface area contributed by atoms with E-state index in [0.717, 1.165) is 24.0 Å². The van der Waals surface area contributed by atoms with E-state index in [0.29, 0.717) is 66.3 Å². The van der Waals surface area contributed by atoms with Crippen molar-refractivity contribution < 1.29 is 57.6 Å². The molecule has 4 N–H and O–H groups in total. The molecule has 3 aromatic carbocycles. The average molecular weight is 924 g/mol. The van der Waals surface area contributed by atoms with Crippen LogP contribution in [0.15, 0.2) is 77.1 Å². The fourth-order valence-corrected chi connectivity index (χ4v) is 7.72. The molecule has 3 aliphatic rings. The van der Waals surface area contributed by atoms with Gasteiger partial charge in [-0.1, -0.05) is 23.3 Å². The van der Waals surface area contributed by atoms with Crippen LogP contribution in [0.2, 0.25) is 0 Å². The summed E-state index contributed by atoms with van der Waals surface area (Å²) in [5.74, 6) is -0.134. The minimum atomic E-state index is -0.876. The van der Waals surface area contributed by atoms with Crippen LogP contribution >= 0.6 is 0 Å². The van der Waals surface area contributed by atoms with Gasteiger partial charge in [-0.3, -0.25) is 33.9 Å². The highest BCUT2D eigenvalue weighted by Crippen LogP contribution is 2.40. The predicted molar refractivity (Wildman–Crippen MR) is 248 cm³/mol. The number of carbonyl (C=O) groups is 6. The normalized spacial score (nSPS) is 16.4. The minimum Gasteiger partial charge on any atom is -0.493 e. The lowest BCUT2D eigenvalue weighted by Gasteiger charge is -2.26. The van der Waals surface area contributed by atoms with Gasteiger partial charge in [0, 0.05) is 43.5 Å². The summed E-state index contributed by atoms with van der Waals surface area (Å²) in [5.41, 5.74) is 4.32. The summed E-state index contributed by atoms with van der Waals surface area (Å²) < 4.78 is 29.2. The van der Waals surface area contributed by atoms with Crippen LogP contribution in [0, 0.1) is 0 Å². The maximum atomic E-state index is 14.2. The Kier molecular flexibility index (Phi) is 16.6. The molecule has 3 aromatic rings. The van der Waals surface area contributed by atoms with E-state index in [1.807, 2.05) is 20.0 Å². The number of amides is 6. The Labute approximate surface area is 388 Å². The number of ether oxygens (including phenoxy) is 5. The molecule has 3 unspecified atom stereocenters. The van der Waals surface area contributed by atoms with Crippen molar-refractivity contribution in [1.29, 1.82) is 0 Å². The Bertz CT molecular complexity index is 2440. The van der Waals surface area contributed by atoms with Crippen LogP contribution in [0.5, 0.6) is 23.0 Å². The molecule has 0 saturated carbocycles. The molecule has 0 radical (unpaired) electrons. The molecular formula is C48H57N7O12. The number of rotatable bonds is 21. The molecule has 19 heteroatoms. The standard InChI is InChI=1S/C48H57N7O12/c1-29-16-34-22-50-38-20-42(40(63-5)18-36(38)46(60)54(34)24-29)65-14-8-7-9-15-66-43-21-39(37(19-41(43)64-6)47(61)55-25-30(2)17-35(55)26-56)53(4)48(62)67-27-32-10-12-33(13-11-32)52-45(59)31(3)51-44(58)23-49-28-57/h10-13,18-22,24-25,28,31,34-35,56H,7-9,14-17,23,26-27H2,1-6H3,(H,49,57)(H,51,58)(H,52,59). The fraction of sp³-hybridized carbons (Fsp3) is 0.396. The molecule has 356 valence electrons. The van der Waals surface area contributed by atoms with Crippen LogP contribution in [-0.4, -0.2) is 123 Å². The van der Waals surface area contributed by atoms with Crippen molar-refractivity contribution in [2.45, 2.75) is 77.6 Å². The van der Waals surface area contributed by atoms with E-state index in [1.165, 1.54) is 44.1 Å². The molecule has 3 atom stereocenters. The number of fused-ring (bicyclic) bond motifs is 2. The highest BCUT2D eigenvalue weighted by molar-refractivity contribution is 6.06. The number of aliphatic hydroxyl groups is 1. The van der Waals surface area contributed by atoms with Gasteiger partial charge in [-0.15, -0.1) is 0 Å². The molecule has 6 amide bonds. The molecule has 0 fully saturated rings. The van der Waals surface area contributed by atoms with Crippen molar-refractivity contribution in [1.82, 2.24) is 20.4 Å². The third-order valence-corrected chi connectivity index (χ3v) is 11.3. The highest BCUT2D eigenvalue weighted by Gasteiger charge is 2.34. The molecule has 6 rings (SSSR count). The highest BCUT2D eigenvalue weighted by atomic mass is 16.6. The topological polar surface area (TPSA) is 227 Å². The number of carbonyl (C=O) groups excluding carboxylic acids is 6. The van der Waals surface area contributed by atoms with Crippen molar-refractivity contribution in [3.8, 4) is 23.0 Å². The molecule has 0 aliphatic carbocycles. The number of nitrogens with zero attached hydrogens (tertiary/aromatic N) is 4. The number of nitrogens with one attached hydrogen (secondary N) is 3. The van der Waals surface area contributed by atoms with Crippen molar-refractivity contribution in [2.24, 2.45) is 4.99 Å². The van der Waals surface area contributed by atoms with Crippen molar-refractivity contribution in [3.63, 3.8) is 0 Å². The second kappa shape index (κ2) is 22.7. The quantitative estimate of drug-likeness (QED) is 0.0795. The Morgan fingerprint density at radius 3 is 2.25 bits per heavy atom. The smallest absolute Gasteiger partial charge is 0.414 e. The van der Waals surface area contributed by atoms with Crippen molar-refractivity contribution in [3.05, 3.63) is 88.8 Å². The number of hydrogen-bond acceptors (Lipinski definition) is 13. The SMILES string of the molecule is COc1cc2c(cc1OCCCCCOc1cc(N(C)C(=O)OCc3ccc(NC(=O)C(C)NC(=O)CNC=O)cc3)c(C(=O)N3C=C(C)CC3CO)cc1OC)N=CC1CC(C)=CN1C2=O. The second-order valence-electron chi connectivity index (χ2n) is 16.4. The van der Waals surface area contributed by atoms with E-state index in [1.54, 1.807) is 59.8 Å². The number of methoxy groups -OCH3 is 2. The van der Waals surface area contributed by atoms with E-state index in [-0.39, 0.29) is 61.1 Å². The van der Waals surface area contributed by atoms with Gasteiger partial charge in [0.2, 0.25) is 18.2 Å². The lowest BCUT2D eigenvalue weighted by molar-refractivity contribution is -0.126. The fourth-order valence-electron chi connectivity index (χ4n) is 7.72. The predicted octanol–water partition coefficient (Wildman–Crippen LogP) is 5.24. The first-order valence-corrected chi connectivity index (χ1v) is 21.9. The maximum Gasteiger partial charge on any atom is 0.414 e. The molecule has 0 spiro atoms. The summed E-state index contributed by atoms with van der Waals surface area (Å²) in [5, 5.41) is 17.5. The summed E-state index contributed by atoms with van der Waals surface area (Å²) in [4.78, 5) is 85.0. The van der Waals surface area contributed by atoms with Crippen molar-refractivity contribution >= 4 is 59.4 Å². The third kappa shape index (κ3) is 12.1. The number of aliphatic imine (C=N–C) groups is 1. The Morgan fingerprint density at radius 1 is 0.910 bits per heavy atom. The summed E-state index contributed by atoms with van der Waals surface area (Å²) >= 11 is 0. The minimum absolute atomic E-state index is 0.117. The van der Waals surface area contributed by atoms with Gasteiger partial charge in [-0.25, -0.2) is 4.79 Å². The molecule has 0 aromatic heterocycles. The van der Waals surface area contributed by atoms with Gasteiger partial charge in [0.05, 0.1) is 75.2 Å². The van der Waals surface area contributed by atoms with Gasteiger partial charge < -0.3 is 54.5 Å². The number of hydrogen-bond donors (Lipinski definition) is 4. The van der Waals surface area contributed by atoms with Crippen LogP contribution in [0.4, 0.5) is 21.9 Å². The third-order valence-electron chi connectivity index (χ3n) is 11.3. The first-order valence-electron chi connectivity index (χ1n) is 21.9. The van der Waals surface area contributed by atoms with Gasteiger partial charge >= 0.3 is 6.09 Å². The zero-order valence-corrected chi connectivity index (χ0v) is 38.5. The Balaban J connectivity index is 1.07. The first kappa shape index (κ1) is 49.0.